The Morgan fingerprint density at radius 2 is 2.20 bits per heavy atom. The quantitative estimate of drug-likeness (QED) is 0.854. The van der Waals surface area contributed by atoms with Gasteiger partial charge in [0, 0.05) is 24.2 Å². The zero-order valence-corrected chi connectivity index (χ0v) is 9.39. The second kappa shape index (κ2) is 4.84. The Balaban J connectivity index is 2.03. The van der Waals surface area contributed by atoms with Crippen LogP contribution in [0, 0.1) is 0 Å². The number of hydrogen-bond donors (Lipinski definition) is 0. The van der Waals surface area contributed by atoms with Gasteiger partial charge in [0.1, 0.15) is 12.9 Å². The molecular weight excluding hydrogens is 258 g/mol. The van der Waals surface area contributed by atoms with E-state index in [1.54, 1.807) is 18.6 Å². The number of aromatic nitrogens is 3. The number of nitrogens with zero attached hydrogens (tertiary/aromatic N) is 3. The summed E-state index contributed by atoms with van der Waals surface area (Å²) in [5.74, 6) is 0.536. The highest BCUT2D eigenvalue weighted by Gasteiger charge is 2.01. The van der Waals surface area contributed by atoms with Crippen LogP contribution < -0.4 is 4.74 Å². The summed E-state index contributed by atoms with van der Waals surface area (Å²) in [6.07, 6.45) is 6.58. The Morgan fingerprint density at radius 3 is 2.93 bits per heavy atom. The van der Waals surface area contributed by atoms with Crippen molar-refractivity contribution in [3.05, 3.63) is 47.1 Å². The van der Waals surface area contributed by atoms with Crippen LogP contribution in [0.3, 0.4) is 0 Å². The predicted molar refractivity (Wildman–Crippen MR) is 58.3 cm³/mol. The molecule has 0 aliphatic rings. The second-order valence-corrected chi connectivity index (χ2v) is 3.68. The maximum absolute atomic E-state index is 5.48. The number of halogens is 1. The van der Waals surface area contributed by atoms with Crippen LogP contribution in [-0.4, -0.2) is 15.0 Å². The van der Waals surface area contributed by atoms with Gasteiger partial charge in [0.15, 0.2) is 0 Å². The Labute approximate surface area is 95.5 Å². The highest BCUT2D eigenvalue weighted by molar-refractivity contribution is 9.10. The van der Waals surface area contributed by atoms with Crippen molar-refractivity contribution in [2.24, 2.45) is 0 Å². The minimum Gasteiger partial charge on any atom is -0.472 e. The van der Waals surface area contributed by atoms with Gasteiger partial charge in [0.05, 0.1) is 4.47 Å². The van der Waals surface area contributed by atoms with E-state index in [0.29, 0.717) is 12.5 Å². The van der Waals surface area contributed by atoms with Crippen LogP contribution in [0.1, 0.15) is 5.56 Å². The minimum atomic E-state index is 0.448. The minimum absolute atomic E-state index is 0.448. The molecule has 0 saturated heterocycles. The van der Waals surface area contributed by atoms with E-state index in [2.05, 4.69) is 30.9 Å². The van der Waals surface area contributed by atoms with Crippen LogP contribution in [0.4, 0.5) is 0 Å². The molecule has 0 aromatic carbocycles. The zero-order valence-electron chi connectivity index (χ0n) is 7.80. The van der Waals surface area contributed by atoms with Gasteiger partial charge in [-0.15, -0.1) is 0 Å². The molecule has 2 rings (SSSR count). The lowest BCUT2D eigenvalue weighted by atomic mass is 10.3. The van der Waals surface area contributed by atoms with Crippen LogP contribution in [0.15, 0.2) is 41.5 Å². The van der Waals surface area contributed by atoms with Crippen molar-refractivity contribution >= 4 is 15.9 Å². The molecule has 2 aromatic rings. The van der Waals surface area contributed by atoms with Gasteiger partial charge in [-0.3, -0.25) is 4.98 Å². The van der Waals surface area contributed by atoms with E-state index in [-0.39, 0.29) is 0 Å². The molecule has 0 radical (unpaired) electrons. The smallest absolute Gasteiger partial charge is 0.231 e. The van der Waals surface area contributed by atoms with Gasteiger partial charge in [0.25, 0.3) is 0 Å². The van der Waals surface area contributed by atoms with E-state index in [1.165, 1.54) is 6.33 Å². The lowest BCUT2D eigenvalue weighted by Gasteiger charge is -2.05. The molecule has 0 amide bonds. The van der Waals surface area contributed by atoms with E-state index in [1.807, 2.05) is 12.1 Å². The Bertz CT molecular complexity index is 436. The van der Waals surface area contributed by atoms with Crippen molar-refractivity contribution in [1.82, 2.24) is 15.0 Å². The molecule has 0 aliphatic heterocycles. The first-order chi connectivity index (χ1) is 7.36. The first-order valence-electron chi connectivity index (χ1n) is 4.33. The molecule has 2 heterocycles. The van der Waals surface area contributed by atoms with E-state index in [4.69, 9.17) is 4.74 Å². The zero-order chi connectivity index (χ0) is 10.5. The molecule has 0 saturated carbocycles. The highest BCUT2D eigenvalue weighted by Crippen LogP contribution is 2.20. The third-order valence-electron chi connectivity index (χ3n) is 1.73. The summed E-state index contributed by atoms with van der Waals surface area (Å²) < 4.78 is 6.23. The van der Waals surface area contributed by atoms with Crippen LogP contribution in [0.2, 0.25) is 0 Å². The average molecular weight is 266 g/mol. The molecule has 0 atom stereocenters. The third-order valence-corrected chi connectivity index (χ3v) is 2.28. The summed E-state index contributed by atoms with van der Waals surface area (Å²) >= 11 is 3.30. The summed E-state index contributed by atoms with van der Waals surface area (Å²) in [7, 11) is 0. The number of rotatable bonds is 3. The molecule has 0 bridgehead atoms. The van der Waals surface area contributed by atoms with Gasteiger partial charge < -0.3 is 4.74 Å². The number of pyridine rings is 1. The van der Waals surface area contributed by atoms with Crippen LogP contribution >= 0.6 is 15.9 Å². The fourth-order valence-electron chi connectivity index (χ4n) is 1.04. The van der Waals surface area contributed by atoms with Crippen molar-refractivity contribution in [3.63, 3.8) is 0 Å². The molecule has 4 nitrogen and oxygen atoms in total. The monoisotopic (exact) mass is 265 g/mol. The summed E-state index contributed by atoms with van der Waals surface area (Å²) in [5, 5.41) is 0. The molecule has 76 valence electrons. The van der Waals surface area contributed by atoms with Gasteiger partial charge in [-0.05, 0) is 22.0 Å². The maximum Gasteiger partial charge on any atom is 0.231 e. The fraction of sp³-hybridized carbons (Fsp3) is 0.100. The first-order valence-corrected chi connectivity index (χ1v) is 5.13. The molecule has 0 spiro atoms. The van der Waals surface area contributed by atoms with Gasteiger partial charge >= 0.3 is 0 Å². The molecule has 15 heavy (non-hydrogen) atoms. The van der Waals surface area contributed by atoms with Crippen molar-refractivity contribution in [2.45, 2.75) is 6.61 Å². The van der Waals surface area contributed by atoms with Crippen LogP contribution in [0.25, 0.3) is 0 Å². The van der Waals surface area contributed by atoms with E-state index in [0.717, 1.165) is 10.0 Å². The number of ether oxygens (including phenoxy) is 1. The second-order valence-electron chi connectivity index (χ2n) is 2.83. The van der Waals surface area contributed by atoms with E-state index in [9.17, 15) is 0 Å². The SMILES string of the molecule is Brc1cncnc1OCc1cccnc1. The summed E-state index contributed by atoms with van der Waals surface area (Å²) in [6, 6.07) is 3.82. The molecule has 5 heteroatoms. The van der Waals surface area contributed by atoms with Crippen LogP contribution in [0.5, 0.6) is 5.88 Å². The molecular formula is C10H8BrN3O. The molecule has 2 aromatic heterocycles. The summed E-state index contributed by atoms with van der Waals surface area (Å²) in [4.78, 5) is 11.8. The largest absolute Gasteiger partial charge is 0.472 e. The first kappa shape index (κ1) is 10.0. The Hall–Kier alpha value is -1.49. The summed E-state index contributed by atoms with van der Waals surface area (Å²) in [5.41, 5.74) is 1.00. The van der Waals surface area contributed by atoms with E-state index < -0.39 is 0 Å². The fourth-order valence-corrected chi connectivity index (χ4v) is 1.38. The van der Waals surface area contributed by atoms with Gasteiger partial charge in [-0.25, -0.2) is 9.97 Å². The van der Waals surface area contributed by atoms with Crippen molar-refractivity contribution in [1.29, 1.82) is 0 Å². The van der Waals surface area contributed by atoms with Crippen molar-refractivity contribution in [2.75, 3.05) is 0 Å². The lowest BCUT2D eigenvalue weighted by Crippen LogP contribution is -1.98. The molecule has 0 unspecified atom stereocenters. The summed E-state index contributed by atoms with van der Waals surface area (Å²) in [6.45, 7) is 0.448. The average Bonchev–Trinajstić information content (AvgIpc) is 2.29. The van der Waals surface area contributed by atoms with Crippen molar-refractivity contribution in [3.8, 4) is 5.88 Å². The van der Waals surface area contributed by atoms with Crippen LogP contribution in [-0.2, 0) is 6.61 Å². The van der Waals surface area contributed by atoms with Gasteiger partial charge in [-0.2, -0.15) is 0 Å². The van der Waals surface area contributed by atoms with Gasteiger partial charge in [-0.1, -0.05) is 6.07 Å². The molecule has 0 aliphatic carbocycles. The molecule has 0 fully saturated rings. The maximum atomic E-state index is 5.48. The normalized spacial score (nSPS) is 9.93. The van der Waals surface area contributed by atoms with Crippen molar-refractivity contribution < 1.29 is 4.74 Å². The predicted octanol–water partition coefficient (Wildman–Crippen LogP) is 2.21. The standard InChI is InChI=1S/C10H8BrN3O/c11-9-5-13-7-14-10(9)15-6-8-2-1-3-12-4-8/h1-5,7H,6H2. The highest BCUT2D eigenvalue weighted by atomic mass is 79.9. The van der Waals surface area contributed by atoms with Gasteiger partial charge in [0.2, 0.25) is 5.88 Å². The Morgan fingerprint density at radius 1 is 1.27 bits per heavy atom. The Kier molecular flexibility index (Phi) is 3.24. The lowest BCUT2D eigenvalue weighted by molar-refractivity contribution is 0.290. The van der Waals surface area contributed by atoms with E-state index >= 15 is 0 Å². The third kappa shape index (κ3) is 2.73. The molecule has 0 N–H and O–H groups in total. The topological polar surface area (TPSA) is 47.9 Å². The number of hydrogen-bond acceptors (Lipinski definition) is 4.